The maximum absolute atomic E-state index is 9.55. The fraction of sp³-hybridized carbons (Fsp3) is 0.423. The summed E-state index contributed by atoms with van der Waals surface area (Å²) in [6.07, 6.45) is 4.48. The molecule has 4 N–H and O–H groups in total. The molecule has 0 spiro atoms. The average Bonchev–Trinajstić information content (AvgIpc) is 3.11. The van der Waals surface area contributed by atoms with Crippen molar-refractivity contribution in [1.82, 2.24) is 14.5 Å². The van der Waals surface area contributed by atoms with Crippen LogP contribution < -0.4 is 4.90 Å². The van der Waals surface area contributed by atoms with E-state index >= 15 is 0 Å². The van der Waals surface area contributed by atoms with E-state index in [1.54, 1.807) is 0 Å². The lowest BCUT2D eigenvalue weighted by molar-refractivity contribution is -0.134. The van der Waals surface area contributed by atoms with E-state index in [0.717, 1.165) is 63.8 Å². The lowest BCUT2D eigenvalue weighted by atomic mass is 10.3. The van der Waals surface area contributed by atoms with Gasteiger partial charge in [-0.05, 0) is 38.6 Å². The monoisotopic (exact) mass is 548 g/mol. The number of aliphatic carboxylic acids is 4. The first kappa shape index (κ1) is 32.8. The van der Waals surface area contributed by atoms with E-state index in [0.29, 0.717) is 24.3 Å². The molecule has 1 aromatic heterocycles. The second-order valence-electron chi connectivity index (χ2n) is 8.33. The first-order valence-corrected chi connectivity index (χ1v) is 12.3. The molecule has 0 atom stereocenters. The molecular formula is C26H36N4O9. The Hall–Kier alpha value is -4.23. The molecule has 1 saturated heterocycles. The van der Waals surface area contributed by atoms with Crippen molar-refractivity contribution in [3.8, 4) is 0 Å². The summed E-state index contributed by atoms with van der Waals surface area (Å²) in [6.45, 7) is 8.95. The summed E-state index contributed by atoms with van der Waals surface area (Å²) >= 11 is 0. The van der Waals surface area contributed by atoms with Gasteiger partial charge in [0.15, 0.2) is 0 Å². The summed E-state index contributed by atoms with van der Waals surface area (Å²) in [4.78, 5) is 48.0. The number of para-hydroxylation sites is 2. The number of hydrogen-bond donors (Lipinski definition) is 4. The minimum absolute atomic E-state index is 0.558. The number of carboxylic acid groups (broad SMARTS) is 4. The molecule has 13 heteroatoms. The summed E-state index contributed by atoms with van der Waals surface area (Å²) in [6, 6.07) is 8.42. The Balaban J connectivity index is 0.000000393. The van der Waals surface area contributed by atoms with Gasteiger partial charge in [0.2, 0.25) is 5.95 Å². The third kappa shape index (κ3) is 13.8. The predicted molar refractivity (Wildman–Crippen MR) is 144 cm³/mol. The number of imidazole rings is 1. The van der Waals surface area contributed by atoms with E-state index in [1.165, 1.54) is 11.9 Å². The van der Waals surface area contributed by atoms with Gasteiger partial charge in [0.25, 0.3) is 0 Å². The Labute approximate surface area is 226 Å². The van der Waals surface area contributed by atoms with Crippen LogP contribution >= 0.6 is 0 Å². The Morgan fingerprint density at radius 2 is 1.41 bits per heavy atom. The van der Waals surface area contributed by atoms with Crippen molar-refractivity contribution in [3.05, 3.63) is 48.6 Å². The van der Waals surface area contributed by atoms with E-state index < -0.39 is 23.9 Å². The van der Waals surface area contributed by atoms with E-state index in [-0.39, 0.29) is 0 Å². The number of aromatic nitrogens is 2. The molecule has 0 amide bonds. The minimum atomic E-state index is -1.26. The number of fused-ring (bicyclic) bond motifs is 1. The maximum Gasteiger partial charge on any atom is 0.328 e. The number of benzene rings is 1. The van der Waals surface area contributed by atoms with Crippen LogP contribution in [0.25, 0.3) is 11.0 Å². The van der Waals surface area contributed by atoms with Gasteiger partial charge in [0.05, 0.1) is 17.6 Å². The van der Waals surface area contributed by atoms with Crippen molar-refractivity contribution in [3.63, 3.8) is 0 Å². The second-order valence-corrected chi connectivity index (χ2v) is 8.33. The molecule has 0 unspecified atom stereocenters. The van der Waals surface area contributed by atoms with E-state index in [9.17, 15) is 19.2 Å². The highest BCUT2D eigenvalue weighted by Crippen LogP contribution is 2.23. The Morgan fingerprint density at radius 3 is 1.95 bits per heavy atom. The van der Waals surface area contributed by atoms with Crippen LogP contribution in [-0.2, 0) is 30.5 Å². The number of likely N-dealkylation sites (N-methyl/N-ethyl adjacent to an activating group) is 1. The average molecular weight is 549 g/mol. The van der Waals surface area contributed by atoms with Crippen LogP contribution in [0.4, 0.5) is 5.95 Å². The SMILES string of the molecule is CCCOCCn1c(N2CCCN(C)CC2)nc2ccccc21.O=C(O)/C=C/C(=O)O.O=C(O)/C=C/C(=O)O. The van der Waals surface area contributed by atoms with Crippen LogP contribution in [-0.4, -0.2) is 105 Å². The summed E-state index contributed by atoms with van der Waals surface area (Å²) in [5.74, 6) is -3.93. The zero-order valence-corrected chi connectivity index (χ0v) is 22.1. The Bertz CT molecular complexity index is 1080. The normalized spacial score (nSPS) is 13.8. The molecule has 0 aliphatic carbocycles. The first-order valence-electron chi connectivity index (χ1n) is 12.3. The van der Waals surface area contributed by atoms with Crippen molar-refractivity contribution in [2.45, 2.75) is 26.3 Å². The Morgan fingerprint density at radius 1 is 0.846 bits per heavy atom. The van der Waals surface area contributed by atoms with Gasteiger partial charge >= 0.3 is 23.9 Å². The first-order chi connectivity index (χ1) is 18.5. The van der Waals surface area contributed by atoms with Gasteiger partial charge in [-0.3, -0.25) is 0 Å². The van der Waals surface area contributed by atoms with Crippen LogP contribution in [0.1, 0.15) is 19.8 Å². The van der Waals surface area contributed by atoms with Crippen molar-refractivity contribution in [2.75, 3.05) is 51.3 Å². The molecule has 39 heavy (non-hydrogen) atoms. The number of nitrogens with zero attached hydrogens (tertiary/aromatic N) is 4. The van der Waals surface area contributed by atoms with Crippen molar-refractivity contribution >= 4 is 40.9 Å². The van der Waals surface area contributed by atoms with E-state index in [2.05, 4.69) is 52.6 Å². The Kier molecular flexibility index (Phi) is 15.2. The molecule has 1 aromatic carbocycles. The van der Waals surface area contributed by atoms with E-state index in [4.69, 9.17) is 30.1 Å². The molecule has 0 saturated carbocycles. The molecule has 13 nitrogen and oxygen atoms in total. The largest absolute Gasteiger partial charge is 0.478 e. The van der Waals surface area contributed by atoms with Crippen LogP contribution in [0.2, 0.25) is 0 Å². The summed E-state index contributed by atoms with van der Waals surface area (Å²) in [7, 11) is 2.20. The molecule has 3 rings (SSSR count). The van der Waals surface area contributed by atoms with Gasteiger partial charge in [-0.1, -0.05) is 19.1 Å². The molecule has 1 fully saturated rings. The predicted octanol–water partition coefficient (Wildman–Crippen LogP) is 2.03. The summed E-state index contributed by atoms with van der Waals surface area (Å²) in [5, 5.41) is 31.2. The molecule has 1 aliphatic heterocycles. The summed E-state index contributed by atoms with van der Waals surface area (Å²) < 4.78 is 8.04. The molecule has 214 valence electrons. The molecule has 1 aliphatic rings. The number of ether oxygens (including phenoxy) is 1. The van der Waals surface area contributed by atoms with Crippen LogP contribution in [0.15, 0.2) is 48.6 Å². The van der Waals surface area contributed by atoms with E-state index in [1.807, 2.05) is 0 Å². The van der Waals surface area contributed by atoms with Gasteiger partial charge in [-0.25, -0.2) is 24.2 Å². The van der Waals surface area contributed by atoms with Gasteiger partial charge < -0.3 is 39.5 Å². The van der Waals surface area contributed by atoms with Crippen molar-refractivity contribution in [1.29, 1.82) is 0 Å². The van der Waals surface area contributed by atoms with Gasteiger partial charge in [-0.2, -0.15) is 0 Å². The third-order valence-electron chi connectivity index (χ3n) is 5.18. The smallest absolute Gasteiger partial charge is 0.328 e. The number of hydrogen-bond acceptors (Lipinski definition) is 8. The van der Waals surface area contributed by atoms with Gasteiger partial charge in [0, 0.05) is 57.1 Å². The summed E-state index contributed by atoms with van der Waals surface area (Å²) in [5.41, 5.74) is 2.29. The fourth-order valence-electron chi connectivity index (χ4n) is 3.46. The van der Waals surface area contributed by atoms with Crippen LogP contribution in [0.3, 0.4) is 0 Å². The fourth-order valence-corrected chi connectivity index (χ4v) is 3.46. The number of anilines is 1. The lowest BCUT2D eigenvalue weighted by Gasteiger charge is -2.23. The second kappa shape index (κ2) is 18.1. The van der Waals surface area contributed by atoms with Gasteiger partial charge in [-0.15, -0.1) is 0 Å². The molecule has 2 heterocycles. The quantitative estimate of drug-likeness (QED) is 0.251. The molecule has 0 bridgehead atoms. The highest BCUT2D eigenvalue weighted by Gasteiger charge is 2.19. The number of rotatable bonds is 10. The van der Waals surface area contributed by atoms with Crippen LogP contribution in [0, 0.1) is 0 Å². The zero-order valence-electron chi connectivity index (χ0n) is 22.1. The van der Waals surface area contributed by atoms with Crippen molar-refractivity contribution in [2.24, 2.45) is 0 Å². The highest BCUT2D eigenvalue weighted by molar-refractivity contribution is 5.90. The van der Waals surface area contributed by atoms with Crippen molar-refractivity contribution < 1.29 is 44.3 Å². The molecule has 0 radical (unpaired) electrons. The highest BCUT2D eigenvalue weighted by atomic mass is 16.5. The van der Waals surface area contributed by atoms with Gasteiger partial charge in [0.1, 0.15) is 0 Å². The lowest BCUT2D eigenvalue weighted by Crippen LogP contribution is -2.31. The topological polar surface area (TPSA) is 183 Å². The zero-order chi connectivity index (χ0) is 29.2. The molecule has 2 aromatic rings. The third-order valence-corrected chi connectivity index (χ3v) is 5.18. The maximum atomic E-state index is 9.55. The van der Waals surface area contributed by atoms with Crippen LogP contribution in [0.5, 0.6) is 0 Å². The molecular weight excluding hydrogens is 512 g/mol. The minimum Gasteiger partial charge on any atom is -0.478 e. The number of carboxylic acids is 4. The number of carbonyl (C=O) groups is 4. The standard InChI is InChI=1S/C18H28N4O.2C4H4O4/c1-3-14-23-15-13-22-17-8-5-4-7-16(17)19-18(22)21-10-6-9-20(2)11-12-21;2*5-3(6)1-2-4(7)8/h4-5,7-8H,3,6,9-15H2,1-2H3;2*1-2H,(H,5,6)(H,7,8)/b;2*2-1+.